The maximum Gasteiger partial charge on any atom is 0.268 e. The number of nitrogens with zero attached hydrogens (tertiary/aromatic N) is 2. The van der Waals surface area contributed by atoms with Crippen LogP contribution in [0, 0.1) is 18.8 Å². The number of thiophene rings is 1. The maximum atomic E-state index is 12.4. The van der Waals surface area contributed by atoms with Gasteiger partial charge in [0, 0.05) is 16.1 Å². The number of hydrogen-bond donors (Lipinski definition) is 3. The van der Waals surface area contributed by atoms with Crippen molar-refractivity contribution < 1.29 is 0 Å². The normalized spacial score (nSPS) is 26.5. The smallest absolute Gasteiger partial charge is 0.268 e. The van der Waals surface area contributed by atoms with E-state index in [4.69, 9.17) is 4.98 Å². The summed E-state index contributed by atoms with van der Waals surface area (Å²) in [6.45, 7) is 3.02. The van der Waals surface area contributed by atoms with Gasteiger partial charge in [-0.15, -0.1) is 11.3 Å². The van der Waals surface area contributed by atoms with Gasteiger partial charge >= 0.3 is 0 Å². The minimum Gasteiger partial charge on any atom is -0.308 e. The van der Waals surface area contributed by atoms with Crippen LogP contribution < -0.4 is 10.9 Å². The van der Waals surface area contributed by atoms with Crippen LogP contribution in [0.15, 0.2) is 17.1 Å². The lowest BCUT2D eigenvalue weighted by Crippen LogP contribution is -2.23. The van der Waals surface area contributed by atoms with E-state index in [0.717, 1.165) is 39.9 Å². The molecule has 3 unspecified atom stereocenters. The number of H-pyrrole nitrogens is 2. The Morgan fingerprint density at radius 3 is 3.00 bits per heavy atom. The van der Waals surface area contributed by atoms with Crippen LogP contribution in [0.3, 0.4) is 0 Å². The van der Waals surface area contributed by atoms with Crippen LogP contribution in [0.25, 0.3) is 20.7 Å². The standard InChI is InChI=1S/C15H15N5OS/c1-6-9(5-17-20-6)11-3-10-13(22-11)15(21)19-14(18-10)12-8-2-7(8)4-16-12/h3,5,7-8,12,16H,2,4H2,1H3,(H,17,20)(H,18,19,21). The Bertz CT molecular complexity index is 939. The van der Waals surface area contributed by atoms with Crippen molar-refractivity contribution in [3.63, 3.8) is 0 Å². The van der Waals surface area contributed by atoms with Gasteiger partial charge in [0.05, 0.1) is 17.8 Å². The van der Waals surface area contributed by atoms with Crippen LogP contribution in [0.4, 0.5) is 0 Å². The third-order valence-electron chi connectivity index (χ3n) is 4.80. The summed E-state index contributed by atoms with van der Waals surface area (Å²) < 4.78 is 0.685. The molecule has 2 aliphatic rings. The van der Waals surface area contributed by atoms with Crippen LogP contribution in [-0.2, 0) is 0 Å². The van der Waals surface area contributed by atoms with Gasteiger partial charge in [-0.2, -0.15) is 5.10 Å². The molecule has 3 atom stereocenters. The summed E-state index contributed by atoms with van der Waals surface area (Å²) in [5, 5.41) is 10.4. The molecule has 0 bridgehead atoms. The van der Waals surface area contributed by atoms with E-state index in [1.54, 1.807) is 6.20 Å². The number of aromatic nitrogens is 4. The summed E-state index contributed by atoms with van der Waals surface area (Å²) in [5.74, 6) is 2.21. The summed E-state index contributed by atoms with van der Waals surface area (Å²) in [4.78, 5) is 21.1. The first-order valence-electron chi connectivity index (χ1n) is 7.48. The topological polar surface area (TPSA) is 86.5 Å². The van der Waals surface area contributed by atoms with Gasteiger partial charge in [0.1, 0.15) is 10.5 Å². The van der Waals surface area contributed by atoms with Gasteiger partial charge in [0.2, 0.25) is 0 Å². The molecule has 1 aliphatic carbocycles. The molecule has 4 heterocycles. The highest BCUT2D eigenvalue weighted by Gasteiger charge is 2.49. The maximum absolute atomic E-state index is 12.4. The molecule has 0 amide bonds. The summed E-state index contributed by atoms with van der Waals surface area (Å²) in [5.41, 5.74) is 2.78. The average molecular weight is 313 g/mol. The molecule has 3 N–H and O–H groups in total. The fourth-order valence-electron chi connectivity index (χ4n) is 3.48. The molecule has 0 radical (unpaired) electrons. The molecule has 6 nitrogen and oxygen atoms in total. The van der Waals surface area contributed by atoms with Gasteiger partial charge in [0.15, 0.2) is 0 Å². The van der Waals surface area contributed by atoms with Gasteiger partial charge < -0.3 is 10.3 Å². The molecule has 112 valence electrons. The second-order valence-corrected chi connectivity index (χ2v) is 7.28. The minimum absolute atomic E-state index is 0.0386. The zero-order chi connectivity index (χ0) is 14.8. The number of hydrogen-bond acceptors (Lipinski definition) is 5. The Morgan fingerprint density at radius 2 is 2.32 bits per heavy atom. The highest BCUT2D eigenvalue weighted by Crippen LogP contribution is 2.50. The van der Waals surface area contributed by atoms with Crippen LogP contribution in [0.1, 0.15) is 24.0 Å². The van der Waals surface area contributed by atoms with E-state index in [1.807, 2.05) is 13.0 Å². The molecule has 1 aliphatic heterocycles. The van der Waals surface area contributed by atoms with E-state index in [9.17, 15) is 4.79 Å². The first kappa shape index (κ1) is 12.5. The predicted octanol–water partition coefficient (Wildman–Crippen LogP) is 1.96. The van der Waals surface area contributed by atoms with Gasteiger partial charge in [-0.1, -0.05) is 0 Å². The number of rotatable bonds is 2. The number of aromatic amines is 2. The second-order valence-electron chi connectivity index (χ2n) is 6.23. The quantitative estimate of drug-likeness (QED) is 0.675. The SMILES string of the molecule is Cc1[nH]ncc1-c1cc2nc(C3NCC4CC43)[nH]c(=O)c2s1. The number of fused-ring (bicyclic) bond motifs is 2. The summed E-state index contributed by atoms with van der Waals surface area (Å²) >= 11 is 1.47. The van der Waals surface area contributed by atoms with E-state index < -0.39 is 0 Å². The second kappa shape index (κ2) is 4.27. The van der Waals surface area contributed by atoms with Gasteiger partial charge in [-0.05, 0) is 37.8 Å². The molecular formula is C15H15N5OS. The monoisotopic (exact) mass is 313 g/mol. The Balaban J connectivity index is 1.64. The van der Waals surface area contributed by atoms with Crippen LogP contribution >= 0.6 is 11.3 Å². The summed E-state index contributed by atoms with van der Waals surface area (Å²) in [7, 11) is 0. The molecule has 5 rings (SSSR count). The van der Waals surface area contributed by atoms with E-state index in [1.165, 1.54) is 17.8 Å². The van der Waals surface area contributed by atoms with Crippen molar-refractivity contribution in [2.45, 2.75) is 19.4 Å². The van der Waals surface area contributed by atoms with Crippen molar-refractivity contribution in [1.29, 1.82) is 0 Å². The zero-order valence-electron chi connectivity index (χ0n) is 12.0. The lowest BCUT2D eigenvalue weighted by Gasteiger charge is -2.11. The molecule has 0 aromatic carbocycles. The van der Waals surface area contributed by atoms with Crippen molar-refractivity contribution in [3.05, 3.63) is 34.1 Å². The molecule has 0 spiro atoms. The third kappa shape index (κ3) is 1.72. The molecule has 1 saturated heterocycles. The highest BCUT2D eigenvalue weighted by atomic mass is 32.1. The van der Waals surface area contributed by atoms with E-state index in [0.29, 0.717) is 10.6 Å². The Hall–Kier alpha value is -1.99. The van der Waals surface area contributed by atoms with Crippen LogP contribution in [-0.4, -0.2) is 26.7 Å². The lowest BCUT2D eigenvalue weighted by atomic mass is 10.2. The number of aryl methyl sites for hydroxylation is 1. The van der Waals surface area contributed by atoms with Crippen LogP contribution in [0.5, 0.6) is 0 Å². The van der Waals surface area contributed by atoms with Crippen molar-refractivity contribution in [2.75, 3.05) is 6.54 Å². The Kier molecular flexibility index (Phi) is 2.43. The predicted molar refractivity (Wildman–Crippen MR) is 84.9 cm³/mol. The largest absolute Gasteiger partial charge is 0.308 e. The minimum atomic E-state index is -0.0386. The fraction of sp³-hybridized carbons (Fsp3) is 0.400. The Morgan fingerprint density at radius 1 is 1.41 bits per heavy atom. The number of nitrogens with one attached hydrogen (secondary N) is 3. The first-order chi connectivity index (χ1) is 10.7. The molecule has 1 saturated carbocycles. The molecule has 3 aromatic rings. The highest BCUT2D eigenvalue weighted by molar-refractivity contribution is 7.22. The van der Waals surface area contributed by atoms with Gasteiger partial charge in [-0.3, -0.25) is 9.89 Å². The van der Waals surface area contributed by atoms with Crippen molar-refractivity contribution >= 4 is 21.6 Å². The van der Waals surface area contributed by atoms with E-state index in [2.05, 4.69) is 20.5 Å². The summed E-state index contributed by atoms with van der Waals surface area (Å²) in [6, 6.07) is 2.21. The van der Waals surface area contributed by atoms with E-state index >= 15 is 0 Å². The molecule has 2 fully saturated rings. The van der Waals surface area contributed by atoms with Crippen molar-refractivity contribution in [1.82, 2.24) is 25.5 Å². The van der Waals surface area contributed by atoms with Crippen molar-refractivity contribution in [2.24, 2.45) is 11.8 Å². The zero-order valence-corrected chi connectivity index (χ0v) is 12.8. The molecule has 22 heavy (non-hydrogen) atoms. The molecule has 3 aromatic heterocycles. The molecule has 7 heteroatoms. The van der Waals surface area contributed by atoms with Crippen LogP contribution in [0.2, 0.25) is 0 Å². The Labute approximate surface area is 130 Å². The average Bonchev–Trinajstić information content (AvgIpc) is 2.89. The molecular weight excluding hydrogens is 298 g/mol. The lowest BCUT2D eigenvalue weighted by molar-refractivity contribution is 0.532. The number of piperidine rings is 1. The third-order valence-corrected chi connectivity index (χ3v) is 5.95. The van der Waals surface area contributed by atoms with Gasteiger partial charge in [-0.25, -0.2) is 4.98 Å². The van der Waals surface area contributed by atoms with E-state index in [-0.39, 0.29) is 11.6 Å². The van der Waals surface area contributed by atoms with Crippen molar-refractivity contribution in [3.8, 4) is 10.4 Å². The summed E-state index contributed by atoms with van der Waals surface area (Å²) in [6.07, 6.45) is 3.05. The van der Waals surface area contributed by atoms with Gasteiger partial charge in [0.25, 0.3) is 5.56 Å². The first-order valence-corrected chi connectivity index (χ1v) is 8.30. The fourth-order valence-corrected chi connectivity index (χ4v) is 4.54.